The zero-order valence-corrected chi connectivity index (χ0v) is 9.26. The standard InChI is InChI=1S/C11H13N3O3/c12-9-1-2-13-7-8(9)10(15)11(16)14-3-5-17-6-4-14/h1-2,7H,3-6H2,(H2,12,13). The molecule has 1 fully saturated rings. The molecule has 1 aromatic heterocycles. The lowest BCUT2D eigenvalue weighted by Crippen LogP contribution is -2.44. The Kier molecular flexibility index (Phi) is 3.34. The predicted octanol–water partition coefficient (Wildman–Crippen LogP) is -0.295. The van der Waals surface area contributed by atoms with Gasteiger partial charge in [-0.05, 0) is 6.07 Å². The molecule has 1 saturated heterocycles. The number of hydrogen-bond donors (Lipinski definition) is 1. The van der Waals surface area contributed by atoms with E-state index in [1.54, 1.807) is 0 Å². The average molecular weight is 235 g/mol. The van der Waals surface area contributed by atoms with Gasteiger partial charge in [0.15, 0.2) is 0 Å². The highest BCUT2D eigenvalue weighted by atomic mass is 16.5. The molecule has 6 heteroatoms. The van der Waals surface area contributed by atoms with Crippen molar-refractivity contribution in [2.75, 3.05) is 32.0 Å². The number of rotatable bonds is 2. The van der Waals surface area contributed by atoms with E-state index >= 15 is 0 Å². The van der Waals surface area contributed by atoms with Crippen LogP contribution in [0.5, 0.6) is 0 Å². The van der Waals surface area contributed by atoms with Gasteiger partial charge in [0.05, 0.1) is 18.8 Å². The molecule has 0 aliphatic carbocycles. The molecular formula is C11H13N3O3. The van der Waals surface area contributed by atoms with Gasteiger partial charge in [-0.3, -0.25) is 14.6 Å². The monoisotopic (exact) mass is 235 g/mol. The third-order valence-electron chi connectivity index (χ3n) is 2.59. The number of ketones is 1. The van der Waals surface area contributed by atoms with Crippen molar-refractivity contribution in [1.29, 1.82) is 0 Å². The molecular weight excluding hydrogens is 222 g/mol. The third-order valence-corrected chi connectivity index (χ3v) is 2.59. The molecule has 0 aromatic carbocycles. The van der Waals surface area contributed by atoms with Crippen LogP contribution >= 0.6 is 0 Å². The molecule has 1 amide bonds. The Bertz CT molecular complexity index is 441. The SMILES string of the molecule is Nc1ccncc1C(=O)C(=O)N1CCOCC1. The van der Waals surface area contributed by atoms with E-state index in [9.17, 15) is 9.59 Å². The molecule has 2 rings (SSSR count). The van der Waals surface area contributed by atoms with Gasteiger partial charge >= 0.3 is 0 Å². The Balaban J connectivity index is 2.14. The van der Waals surface area contributed by atoms with Crippen LogP contribution in [-0.2, 0) is 9.53 Å². The quantitative estimate of drug-likeness (QED) is 0.562. The Morgan fingerprint density at radius 2 is 2.06 bits per heavy atom. The van der Waals surface area contributed by atoms with E-state index in [1.165, 1.54) is 23.4 Å². The number of hydrogen-bond acceptors (Lipinski definition) is 5. The number of nitrogen functional groups attached to an aromatic ring is 1. The number of pyridine rings is 1. The Morgan fingerprint density at radius 3 is 2.71 bits per heavy atom. The third kappa shape index (κ3) is 2.42. The lowest BCUT2D eigenvalue weighted by molar-refractivity contribution is -0.130. The number of Topliss-reactive ketones (excluding diaryl/α,β-unsaturated/α-hetero) is 1. The molecule has 17 heavy (non-hydrogen) atoms. The summed E-state index contributed by atoms with van der Waals surface area (Å²) in [6.07, 6.45) is 2.79. The van der Waals surface area contributed by atoms with Gasteiger partial charge < -0.3 is 15.4 Å². The summed E-state index contributed by atoms with van der Waals surface area (Å²) in [7, 11) is 0. The first-order valence-electron chi connectivity index (χ1n) is 5.31. The van der Waals surface area contributed by atoms with Gasteiger partial charge in [0.1, 0.15) is 0 Å². The van der Waals surface area contributed by atoms with E-state index in [1.807, 2.05) is 0 Å². The maximum Gasteiger partial charge on any atom is 0.295 e. The highest BCUT2D eigenvalue weighted by Gasteiger charge is 2.26. The number of ether oxygens (including phenoxy) is 1. The number of morpholine rings is 1. The average Bonchev–Trinajstić information content (AvgIpc) is 2.39. The van der Waals surface area contributed by atoms with Crippen LogP contribution in [-0.4, -0.2) is 47.9 Å². The molecule has 6 nitrogen and oxygen atoms in total. The second kappa shape index (κ2) is 4.92. The fraction of sp³-hybridized carbons (Fsp3) is 0.364. The van der Waals surface area contributed by atoms with E-state index in [0.717, 1.165) is 0 Å². The molecule has 1 aliphatic heterocycles. The number of carbonyl (C=O) groups excluding carboxylic acids is 2. The van der Waals surface area contributed by atoms with Crippen LogP contribution in [0.2, 0.25) is 0 Å². The normalized spacial score (nSPS) is 15.6. The number of aromatic nitrogens is 1. The Hall–Kier alpha value is -1.95. The fourth-order valence-electron chi connectivity index (χ4n) is 1.62. The first kappa shape index (κ1) is 11.5. The summed E-state index contributed by atoms with van der Waals surface area (Å²) in [5.41, 5.74) is 6.06. The molecule has 0 bridgehead atoms. The second-order valence-electron chi connectivity index (χ2n) is 3.70. The molecule has 2 N–H and O–H groups in total. The van der Waals surface area contributed by atoms with E-state index < -0.39 is 11.7 Å². The highest BCUT2D eigenvalue weighted by molar-refractivity contribution is 6.43. The second-order valence-corrected chi connectivity index (χ2v) is 3.70. The lowest BCUT2D eigenvalue weighted by Gasteiger charge is -2.26. The lowest BCUT2D eigenvalue weighted by atomic mass is 10.1. The van der Waals surface area contributed by atoms with Crippen LogP contribution in [0.25, 0.3) is 0 Å². The van der Waals surface area contributed by atoms with Crippen LogP contribution in [0.1, 0.15) is 10.4 Å². The van der Waals surface area contributed by atoms with Gasteiger partial charge in [-0.15, -0.1) is 0 Å². The van der Waals surface area contributed by atoms with E-state index in [2.05, 4.69) is 4.98 Å². The van der Waals surface area contributed by atoms with Gasteiger partial charge in [-0.25, -0.2) is 0 Å². The van der Waals surface area contributed by atoms with Crippen LogP contribution in [0.3, 0.4) is 0 Å². The van der Waals surface area contributed by atoms with E-state index in [0.29, 0.717) is 26.3 Å². The van der Waals surface area contributed by atoms with Crippen molar-refractivity contribution >= 4 is 17.4 Å². The Morgan fingerprint density at radius 1 is 1.35 bits per heavy atom. The van der Waals surface area contributed by atoms with Gasteiger partial charge in [-0.1, -0.05) is 0 Å². The fourth-order valence-corrected chi connectivity index (χ4v) is 1.62. The maximum absolute atomic E-state index is 11.9. The maximum atomic E-state index is 11.9. The number of carbonyl (C=O) groups is 2. The zero-order chi connectivity index (χ0) is 12.3. The molecule has 0 unspecified atom stereocenters. The van der Waals surface area contributed by atoms with Gasteiger partial charge in [0.25, 0.3) is 11.7 Å². The summed E-state index contributed by atoms with van der Waals surface area (Å²) >= 11 is 0. The van der Waals surface area contributed by atoms with E-state index in [4.69, 9.17) is 10.5 Å². The first-order chi connectivity index (χ1) is 8.20. The van der Waals surface area contributed by atoms with Crippen molar-refractivity contribution < 1.29 is 14.3 Å². The van der Waals surface area contributed by atoms with Crippen LogP contribution in [0, 0.1) is 0 Å². The van der Waals surface area contributed by atoms with Crippen molar-refractivity contribution in [3.05, 3.63) is 24.0 Å². The molecule has 0 radical (unpaired) electrons. The van der Waals surface area contributed by atoms with Gasteiger partial charge in [-0.2, -0.15) is 0 Å². The van der Waals surface area contributed by atoms with Crippen molar-refractivity contribution in [2.24, 2.45) is 0 Å². The minimum Gasteiger partial charge on any atom is -0.398 e. The molecule has 1 aromatic rings. The summed E-state index contributed by atoms with van der Waals surface area (Å²) in [5.74, 6) is -1.16. The molecule has 2 heterocycles. The summed E-state index contributed by atoms with van der Waals surface area (Å²) in [6, 6.07) is 1.50. The van der Waals surface area contributed by atoms with Crippen LogP contribution in [0.4, 0.5) is 5.69 Å². The number of amides is 1. The van der Waals surface area contributed by atoms with Crippen molar-refractivity contribution in [1.82, 2.24) is 9.88 Å². The Labute approximate surface area is 98.4 Å². The van der Waals surface area contributed by atoms with Crippen molar-refractivity contribution in [3.63, 3.8) is 0 Å². The predicted molar refractivity (Wildman–Crippen MR) is 60.4 cm³/mol. The topological polar surface area (TPSA) is 85.5 Å². The molecule has 0 atom stereocenters. The minimum atomic E-state index is -0.613. The summed E-state index contributed by atoms with van der Waals surface area (Å²) < 4.78 is 5.12. The zero-order valence-electron chi connectivity index (χ0n) is 9.26. The van der Waals surface area contributed by atoms with Crippen molar-refractivity contribution in [2.45, 2.75) is 0 Å². The number of anilines is 1. The summed E-state index contributed by atoms with van der Waals surface area (Å²) in [6.45, 7) is 1.79. The highest BCUT2D eigenvalue weighted by Crippen LogP contribution is 2.11. The van der Waals surface area contributed by atoms with E-state index in [-0.39, 0.29) is 11.3 Å². The smallest absolute Gasteiger partial charge is 0.295 e. The van der Waals surface area contributed by atoms with Crippen molar-refractivity contribution in [3.8, 4) is 0 Å². The number of nitrogens with zero attached hydrogens (tertiary/aromatic N) is 2. The van der Waals surface area contributed by atoms with Crippen LogP contribution < -0.4 is 5.73 Å². The number of nitrogens with two attached hydrogens (primary N) is 1. The minimum absolute atomic E-state index is 0.156. The molecule has 1 aliphatic rings. The van der Waals surface area contributed by atoms with Gasteiger partial charge in [0.2, 0.25) is 0 Å². The molecule has 0 saturated carbocycles. The van der Waals surface area contributed by atoms with Crippen LogP contribution in [0.15, 0.2) is 18.5 Å². The molecule has 0 spiro atoms. The first-order valence-corrected chi connectivity index (χ1v) is 5.31. The largest absolute Gasteiger partial charge is 0.398 e. The summed E-state index contributed by atoms with van der Waals surface area (Å²) in [5, 5.41) is 0. The molecule has 90 valence electrons. The summed E-state index contributed by atoms with van der Waals surface area (Å²) in [4.78, 5) is 29.1. The van der Waals surface area contributed by atoms with Gasteiger partial charge in [0, 0.05) is 31.2 Å².